The van der Waals surface area contributed by atoms with Gasteiger partial charge in [-0.25, -0.2) is 4.98 Å². The van der Waals surface area contributed by atoms with Crippen LogP contribution in [-0.2, 0) is 16.0 Å². The zero-order chi connectivity index (χ0) is 16.1. The second-order valence-electron chi connectivity index (χ2n) is 5.43. The van der Waals surface area contributed by atoms with Crippen LogP contribution in [0.15, 0.2) is 42.7 Å². The number of anilines is 1. The molecule has 120 valence electrons. The molecule has 1 amide bonds. The molecule has 0 radical (unpaired) electrons. The molecule has 1 aliphatic heterocycles. The Bertz CT molecular complexity index is 663. The van der Waals surface area contributed by atoms with Crippen LogP contribution in [0.4, 0.5) is 5.82 Å². The highest BCUT2D eigenvalue weighted by Crippen LogP contribution is 2.22. The normalized spacial score (nSPS) is 17.8. The molecule has 0 aliphatic carbocycles. The molecule has 1 aliphatic rings. The maximum Gasteiger partial charge on any atom is 0.227 e. The highest BCUT2D eigenvalue weighted by Gasteiger charge is 2.26. The Labute approximate surface area is 135 Å². The molecule has 3 rings (SSSR count). The van der Waals surface area contributed by atoms with Crippen LogP contribution >= 0.6 is 0 Å². The van der Waals surface area contributed by atoms with Crippen molar-refractivity contribution in [2.75, 3.05) is 32.1 Å². The van der Waals surface area contributed by atoms with E-state index in [4.69, 9.17) is 4.74 Å². The Morgan fingerprint density at radius 3 is 3.09 bits per heavy atom. The molecule has 1 unspecified atom stereocenters. The SMILES string of the molecule is CNc1cccc(C2CN(C(=O)Cc3cccnc3)CCO2)n1. The minimum atomic E-state index is -0.185. The molecule has 0 bridgehead atoms. The van der Waals surface area contributed by atoms with Gasteiger partial charge in [0, 0.05) is 26.0 Å². The number of pyridine rings is 2. The predicted molar refractivity (Wildman–Crippen MR) is 87.0 cm³/mol. The first kappa shape index (κ1) is 15.4. The molecule has 1 fully saturated rings. The minimum absolute atomic E-state index is 0.0936. The summed E-state index contributed by atoms with van der Waals surface area (Å²) in [6, 6.07) is 9.53. The van der Waals surface area contributed by atoms with E-state index < -0.39 is 0 Å². The molecule has 6 heteroatoms. The standard InChI is InChI=1S/C17H20N4O2/c1-18-16-6-2-5-14(20-16)15-12-21(8-9-23-15)17(22)10-13-4-3-7-19-11-13/h2-7,11,15H,8-10,12H2,1H3,(H,18,20). The Hall–Kier alpha value is -2.47. The van der Waals surface area contributed by atoms with Gasteiger partial charge in [0.2, 0.25) is 5.91 Å². The summed E-state index contributed by atoms with van der Waals surface area (Å²) in [6.07, 6.45) is 3.62. The lowest BCUT2D eigenvalue weighted by Crippen LogP contribution is -2.43. The summed E-state index contributed by atoms with van der Waals surface area (Å²) in [4.78, 5) is 22.9. The Morgan fingerprint density at radius 1 is 1.39 bits per heavy atom. The lowest BCUT2D eigenvalue weighted by atomic mass is 10.1. The first-order valence-electron chi connectivity index (χ1n) is 7.69. The van der Waals surface area contributed by atoms with Crippen LogP contribution in [0.2, 0.25) is 0 Å². The van der Waals surface area contributed by atoms with Gasteiger partial charge >= 0.3 is 0 Å². The zero-order valence-electron chi connectivity index (χ0n) is 13.1. The fourth-order valence-corrected chi connectivity index (χ4v) is 2.61. The van der Waals surface area contributed by atoms with Crippen LogP contribution in [-0.4, -0.2) is 47.5 Å². The number of carbonyl (C=O) groups is 1. The zero-order valence-corrected chi connectivity index (χ0v) is 13.1. The Kier molecular flexibility index (Phi) is 4.83. The van der Waals surface area contributed by atoms with Crippen molar-refractivity contribution in [3.8, 4) is 0 Å². The third-order valence-corrected chi connectivity index (χ3v) is 3.85. The Balaban J connectivity index is 1.66. The maximum absolute atomic E-state index is 12.5. The molecule has 6 nitrogen and oxygen atoms in total. The van der Waals surface area contributed by atoms with E-state index in [9.17, 15) is 4.79 Å². The van der Waals surface area contributed by atoms with E-state index in [0.29, 0.717) is 26.1 Å². The van der Waals surface area contributed by atoms with Gasteiger partial charge in [0.25, 0.3) is 0 Å². The summed E-state index contributed by atoms with van der Waals surface area (Å²) in [6.45, 7) is 1.66. The van der Waals surface area contributed by atoms with Crippen molar-refractivity contribution in [2.45, 2.75) is 12.5 Å². The van der Waals surface area contributed by atoms with Crippen LogP contribution in [0, 0.1) is 0 Å². The van der Waals surface area contributed by atoms with Gasteiger partial charge in [-0.1, -0.05) is 12.1 Å². The number of aromatic nitrogens is 2. The molecule has 1 atom stereocenters. The van der Waals surface area contributed by atoms with E-state index in [-0.39, 0.29) is 12.0 Å². The first-order valence-corrected chi connectivity index (χ1v) is 7.69. The van der Waals surface area contributed by atoms with Crippen molar-refractivity contribution in [1.29, 1.82) is 0 Å². The number of amides is 1. The fourth-order valence-electron chi connectivity index (χ4n) is 2.61. The molecule has 2 aromatic heterocycles. The van der Waals surface area contributed by atoms with Crippen molar-refractivity contribution in [1.82, 2.24) is 14.9 Å². The van der Waals surface area contributed by atoms with Gasteiger partial charge in [0.05, 0.1) is 25.3 Å². The van der Waals surface area contributed by atoms with E-state index >= 15 is 0 Å². The summed E-state index contributed by atoms with van der Waals surface area (Å²) in [5.74, 6) is 0.890. The molecule has 2 aromatic rings. The number of hydrogen-bond acceptors (Lipinski definition) is 5. The van der Waals surface area contributed by atoms with Gasteiger partial charge < -0.3 is 15.0 Å². The monoisotopic (exact) mass is 312 g/mol. The smallest absolute Gasteiger partial charge is 0.227 e. The van der Waals surface area contributed by atoms with Crippen LogP contribution in [0.25, 0.3) is 0 Å². The van der Waals surface area contributed by atoms with Crippen molar-refractivity contribution in [2.24, 2.45) is 0 Å². The van der Waals surface area contributed by atoms with Gasteiger partial charge in [-0.15, -0.1) is 0 Å². The van der Waals surface area contributed by atoms with Crippen molar-refractivity contribution in [3.63, 3.8) is 0 Å². The van der Waals surface area contributed by atoms with Gasteiger partial charge in [0.15, 0.2) is 0 Å². The lowest BCUT2D eigenvalue weighted by molar-refractivity contribution is -0.138. The second kappa shape index (κ2) is 7.19. The average Bonchev–Trinajstić information content (AvgIpc) is 2.63. The van der Waals surface area contributed by atoms with E-state index in [1.54, 1.807) is 12.4 Å². The molecular weight excluding hydrogens is 292 g/mol. The Morgan fingerprint density at radius 2 is 2.30 bits per heavy atom. The minimum Gasteiger partial charge on any atom is -0.373 e. The molecule has 0 saturated carbocycles. The van der Waals surface area contributed by atoms with Crippen molar-refractivity contribution >= 4 is 11.7 Å². The first-order chi connectivity index (χ1) is 11.3. The quantitative estimate of drug-likeness (QED) is 0.930. The van der Waals surface area contributed by atoms with Crippen LogP contribution in [0.3, 0.4) is 0 Å². The summed E-state index contributed by atoms with van der Waals surface area (Å²) in [7, 11) is 1.83. The molecule has 3 heterocycles. The predicted octanol–water partition coefficient (Wildman–Crippen LogP) is 1.66. The van der Waals surface area contributed by atoms with Crippen molar-refractivity contribution in [3.05, 3.63) is 54.0 Å². The maximum atomic E-state index is 12.5. The number of ether oxygens (including phenoxy) is 1. The van der Waals surface area contributed by atoms with Crippen LogP contribution in [0.1, 0.15) is 17.4 Å². The van der Waals surface area contributed by atoms with Crippen molar-refractivity contribution < 1.29 is 9.53 Å². The largest absolute Gasteiger partial charge is 0.373 e. The second-order valence-corrected chi connectivity index (χ2v) is 5.43. The van der Waals surface area contributed by atoms with Gasteiger partial charge in [0.1, 0.15) is 11.9 Å². The van der Waals surface area contributed by atoms with Gasteiger partial charge in [-0.3, -0.25) is 9.78 Å². The van der Waals surface area contributed by atoms with E-state index in [2.05, 4.69) is 15.3 Å². The molecule has 0 aromatic carbocycles. The third kappa shape index (κ3) is 3.84. The number of rotatable bonds is 4. The molecular formula is C17H20N4O2. The highest BCUT2D eigenvalue weighted by molar-refractivity contribution is 5.78. The molecule has 0 spiro atoms. The summed E-state index contributed by atoms with van der Waals surface area (Å²) in [5.41, 5.74) is 1.77. The fraction of sp³-hybridized carbons (Fsp3) is 0.353. The summed E-state index contributed by atoms with van der Waals surface area (Å²) in [5, 5.41) is 3.02. The number of nitrogens with zero attached hydrogens (tertiary/aromatic N) is 3. The molecule has 1 N–H and O–H groups in total. The lowest BCUT2D eigenvalue weighted by Gasteiger charge is -2.33. The van der Waals surface area contributed by atoms with Gasteiger partial charge in [-0.2, -0.15) is 0 Å². The number of carbonyl (C=O) groups excluding carboxylic acids is 1. The van der Waals surface area contributed by atoms with E-state index in [1.165, 1.54) is 0 Å². The van der Waals surface area contributed by atoms with Crippen LogP contribution in [0.5, 0.6) is 0 Å². The number of hydrogen-bond donors (Lipinski definition) is 1. The molecule has 1 saturated heterocycles. The number of nitrogens with one attached hydrogen (secondary N) is 1. The topological polar surface area (TPSA) is 67.4 Å². The third-order valence-electron chi connectivity index (χ3n) is 3.85. The highest BCUT2D eigenvalue weighted by atomic mass is 16.5. The van der Waals surface area contributed by atoms with Crippen LogP contribution < -0.4 is 5.32 Å². The molecule has 23 heavy (non-hydrogen) atoms. The van der Waals surface area contributed by atoms with E-state index in [1.807, 2.05) is 42.3 Å². The number of morpholine rings is 1. The average molecular weight is 312 g/mol. The van der Waals surface area contributed by atoms with Gasteiger partial charge in [-0.05, 0) is 23.8 Å². The van der Waals surface area contributed by atoms with E-state index in [0.717, 1.165) is 17.1 Å². The summed E-state index contributed by atoms with van der Waals surface area (Å²) < 4.78 is 5.80. The summed E-state index contributed by atoms with van der Waals surface area (Å²) >= 11 is 0.